The van der Waals surface area contributed by atoms with Crippen molar-refractivity contribution in [2.75, 3.05) is 0 Å². The normalized spacial score (nSPS) is 11.6. The summed E-state index contributed by atoms with van der Waals surface area (Å²) in [6.45, 7) is 0. The lowest BCUT2D eigenvalue weighted by atomic mass is 10.1. The molecule has 2 nitrogen and oxygen atoms in total. The van der Waals surface area contributed by atoms with Crippen molar-refractivity contribution in [1.29, 1.82) is 0 Å². The van der Waals surface area contributed by atoms with E-state index >= 15 is 0 Å². The molecule has 0 heterocycles. The molecule has 1 amide bonds. The zero-order valence-corrected chi connectivity index (χ0v) is 7.33. The molecular weight excluding hydrogens is 240 g/mol. The molecule has 0 aliphatic rings. The quantitative estimate of drug-likeness (QED) is 0.596. The van der Waals surface area contributed by atoms with Gasteiger partial charge in [-0.15, -0.1) is 0 Å². The summed E-state index contributed by atoms with van der Waals surface area (Å²) in [5, 5.41) is 0. The van der Waals surface area contributed by atoms with Gasteiger partial charge in [0, 0.05) is 0 Å². The van der Waals surface area contributed by atoms with Crippen molar-refractivity contribution in [2.45, 2.75) is 6.18 Å². The van der Waals surface area contributed by atoms with Gasteiger partial charge in [0.25, 0.3) is 5.91 Å². The van der Waals surface area contributed by atoms with Crippen LogP contribution in [-0.4, -0.2) is 5.91 Å². The minimum Gasteiger partial charge on any atom is -0.366 e. The number of halogens is 6. The first-order chi connectivity index (χ1) is 7.16. The Hall–Kier alpha value is -1.73. The van der Waals surface area contributed by atoms with Crippen LogP contribution < -0.4 is 5.73 Å². The number of alkyl halides is 3. The number of primary amides is 1. The number of hydrogen-bond donors (Lipinski definition) is 1. The molecule has 0 aromatic heterocycles. The molecule has 0 saturated carbocycles. The van der Waals surface area contributed by atoms with Crippen LogP contribution in [0.2, 0.25) is 0 Å². The maximum absolute atomic E-state index is 12.9. The topological polar surface area (TPSA) is 43.1 Å². The molecule has 0 spiro atoms. The van der Waals surface area contributed by atoms with E-state index in [1.165, 1.54) is 0 Å². The van der Waals surface area contributed by atoms with Gasteiger partial charge in [-0.2, -0.15) is 13.2 Å². The molecule has 1 aromatic rings. The maximum atomic E-state index is 12.9. The average Bonchev–Trinajstić information content (AvgIpc) is 2.08. The molecule has 0 unspecified atom stereocenters. The second-order valence-corrected chi connectivity index (χ2v) is 2.77. The highest BCUT2D eigenvalue weighted by Crippen LogP contribution is 2.35. The number of amides is 1. The van der Waals surface area contributed by atoms with Crippen molar-refractivity contribution in [2.24, 2.45) is 5.73 Å². The molecule has 0 bridgehead atoms. The van der Waals surface area contributed by atoms with Crippen molar-refractivity contribution in [3.8, 4) is 0 Å². The van der Waals surface area contributed by atoms with Gasteiger partial charge < -0.3 is 5.73 Å². The molecule has 0 fully saturated rings. The summed E-state index contributed by atoms with van der Waals surface area (Å²) in [6.07, 6.45) is -5.40. The minimum atomic E-state index is -5.40. The van der Waals surface area contributed by atoms with Gasteiger partial charge in [0.2, 0.25) is 0 Å². The Morgan fingerprint density at radius 1 is 1.12 bits per heavy atom. The number of carbonyl (C=O) groups is 1. The van der Waals surface area contributed by atoms with Crippen LogP contribution in [-0.2, 0) is 6.18 Å². The van der Waals surface area contributed by atoms with Crippen molar-refractivity contribution in [3.05, 3.63) is 34.6 Å². The first-order valence-electron chi connectivity index (χ1n) is 3.70. The number of benzene rings is 1. The van der Waals surface area contributed by atoms with E-state index in [0.29, 0.717) is 0 Å². The number of nitrogens with two attached hydrogens (primary N) is 1. The Morgan fingerprint density at radius 2 is 1.62 bits per heavy atom. The van der Waals surface area contributed by atoms with Crippen LogP contribution in [0.15, 0.2) is 6.07 Å². The molecule has 0 radical (unpaired) electrons. The maximum Gasteiger partial charge on any atom is 0.422 e. The van der Waals surface area contributed by atoms with E-state index in [0.717, 1.165) is 0 Å². The fourth-order valence-electron chi connectivity index (χ4n) is 1.03. The zero-order valence-electron chi connectivity index (χ0n) is 7.33. The van der Waals surface area contributed by atoms with Crippen molar-refractivity contribution < 1.29 is 31.1 Å². The van der Waals surface area contributed by atoms with Gasteiger partial charge in [-0.1, -0.05) is 0 Å². The van der Waals surface area contributed by atoms with Crippen LogP contribution >= 0.6 is 0 Å². The average molecular weight is 243 g/mol. The van der Waals surface area contributed by atoms with Crippen LogP contribution in [0.3, 0.4) is 0 Å². The summed E-state index contributed by atoms with van der Waals surface area (Å²) in [5.41, 5.74) is 0.849. The summed E-state index contributed by atoms with van der Waals surface area (Å²) in [5.74, 6) is -8.27. The molecule has 88 valence electrons. The molecule has 0 atom stereocenters. The van der Waals surface area contributed by atoms with E-state index in [-0.39, 0.29) is 6.07 Å². The molecule has 2 N–H and O–H groups in total. The fraction of sp³-hybridized carbons (Fsp3) is 0.125. The highest BCUT2D eigenvalue weighted by Gasteiger charge is 2.40. The van der Waals surface area contributed by atoms with E-state index in [1.807, 2.05) is 0 Å². The molecule has 16 heavy (non-hydrogen) atoms. The Balaban J connectivity index is 3.59. The van der Waals surface area contributed by atoms with Gasteiger partial charge in [-0.25, -0.2) is 13.2 Å². The number of carbonyl (C=O) groups excluding carboxylic acids is 1. The molecule has 1 rings (SSSR count). The summed E-state index contributed by atoms with van der Waals surface area (Å²) < 4.78 is 74.7. The lowest BCUT2D eigenvalue weighted by Gasteiger charge is -2.11. The zero-order chi connectivity index (χ0) is 12.7. The van der Waals surface area contributed by atoms with Gasteiger partial charge in [-0.3, -0.25) is 4.79 Å². The van der Waals surface area contributed by atoms with Gasteiger partial charge in [0.05, 0.1) is 5.56 Å². The molecule has 0 saturated heterocycles. The predicted octanol–water partition coefficient (Wildman–Crippen LogP) is 2.22. The lowest BCUT2D eigenvalue weighted by molar-refractivity contribution is -0.142. The highest BCUT2D eigenvalue weighted by atomic mass is 19.4. The molecular formula is C8H3F6NO. The minimum absolute atomic E-state index is 0.0937. The van der Waals surface area contributed by atoms with Gasteiger partial charge >= 0.3 is 6.18 Å². The second-order valence-electron chi connectivity index (χ2n) is 2.77. The molecule has 0 aliphatic heterocycles. The van der Waals surface area contributed by atoms with Crippen LogP contribution in [0.4, 0.5) is 26.3 Å². The van der Waals surface area contributed by atoms with Crippen LogP contribution in [0.25, 0.3) is 0 Å². The Bertz CT molecular complexity index is 453. The third-order valence-corrected chi connectivity index (χ3v) is 1.71. The lowest BCUT2D eigenvalue weighted by Crippen LogP contribution is -2.19. The van der Waals surface area contributed by atoms with Crippen LogP contribution in [0, 0.1) is 17.5 Å². The monoisotopic (exact) mass is 243 g/mol. The largest absolute Gasteiger partial charge is 0.422 e. The van der Waals surface area contributed by atoms with E-state index in [2.05, 4.69) is 5.73 Å². The molecule has 8 heteroatoms. The first kappa shape index (κ1) is 12.3. The summed E-state index contributed by atoms with van der Waals surface area (Å²) in [4.78, 5) is 10.5. The second kappa shape index (κ2) is 3.69. The van der Waals surface area contributed by atoms with E-state index in [9.17, 15) is 31.1 Å². The molecule has 1 aromatic carbocycles. The van der Waals surface area contributed by atoms with E-state index < -0.39 is 40.7 Å². The third-order valence-electron chi connectivity index (χ3n) is 1.71. The highest BCUT2D eigenvalue weighted by molar-refractivity contribution is 5.93. The fourth-order valence-corrected chi connectivity index (χ4v) is 1.03. The number of hydrogen-bond acceptors (Lipinski definition) is 1. The Kier molecular flexibility index (Phi) is 2.85. The van der Waals surface area contributed by atoms with Gasteiger partial charge in [-0.05, 0) is 6.07 Å². The van der Waals surface area contributed by atoms with E-state index in [1.54, 1.807) is 0 Å². The van der Waals surface area contributed by atoms with Crippen molar-refractivity contribution in [3.63, 3.8) is 0 Å². The van der Waals surface area contributed by atoms with Gasteiger partial charge in [0.15, 0.2) is 11.6 Å². The summed E-state index contributed by atoms with van der Waals surface area (Å²) >= 11 is 0. The Morgan fingerprint density at radius 3 is 2.00 bits per heavy atom. The van der Waals surface area contributed by atoms with Crippen molar-refractivity contribution >= 4 is 5.91 Å². The third kappa shape index (κ3) is 1.95. The predicted molar refractivity (Wildman–Crippen MR) is 39.8 cm³/mol. The smallest absolute Gasteiger partial charge is 0.366 e. The van der Waals surface area contributed by atoms with E-state index in [4.69, 9.17) is 0 Å². The first-order valence-corrected chi connectivity index (χ1v) is 3.70. The van der Waals surface area contributed by atoms with Crippen LogP contribution in [0.1, 0.15) is 15.9 Å². The van der Waals surface area contributed by atoms with Crippen LogP contribution in [0.5, 0.6) is 0 Å². The molecule has 0 aliphatic carbocycles. The van der Waals surface area contributed by atoms with Crippen molar-refractivity contribution in [1.82, 2.24) is 0 Å². The van der Waals surface area contributed by atoms with Gasteiger partial charge in [0.1, 0.15) is 11.4 Å². The number of rotatable bonds is 1. The summed E-state index contributed by atoms with van der Waals surface area (Å²) in [7, 11) is 0. The summed E-state index contributed by atoms with van der Waals surface area (Å²) in [6, 6.07) is -0.0937. The standard InChI is InChI=1S/C8H3F6NO/c9-3-1-2(7(15)16)5(10)6(11)4(3)8(12,13)14/h1H,(H2,15,16). The SMILES string of the molecule is NC(=O)c1cc(F)c(C(F)(F)F)c(F)c1F. The Labute approximate surface area is 84.7 Å².